The number of benzene rings is 1. The first-order valence-electron chi connectivity index (χ1n) is 6.34. The van der Waals surface area contributed by atoms with Crippen LogP contribution in [-0.2, 0) is 11.3 Å². The maximum atomic E-state index is 13.0. The second-order valence-corrected chi connectivity index (χ2v) is 5.40. The predicted octanol–water partition coefficient (Wildman–Crippen LogP) is 2.69. The summed E-state index contributed by atoms with van der Waals surface area (Å²) in [5.74, 6) is -0.776. The molecule has 3 rings (SSSR count). The van der Waals surface area contributed by atoms with E-state index in [4.69, 9.17) is 4.74 Å². The molecule has 0 radical (unpaired) electrons. The number of rotatable bonds is 3. The van der Waals surface area contributed by atoms with Crippen molar-refractivity contribution < 1.29 is 13.9 Å². The lowest BCUT2D eigenvalue weighted by molar-refractivity contribution is 0.0457. The van der Waals surface area contributed by atoms with E-state index in [0.717, 1.165) is 5.69 Å². The van der Waals surface area contributed by atoms with E-state index in [9.17, 15) is 9.18 Å². The Morgan fingerprint density at radius 1 is 1.41 bits per heavy atom. The summed E-state index contributed by atoms with van der Waals surface area (Å²) in [6.45, 7) is 1.82. The van der Waals surface area contributed by atoms with Gasteiger partial charge >= 0.3 is 5.97 Å². The number of fused-ring (bicyclic) bond motifs is 1. The highest BCUT2D eigenvalue weighted by Crippen LogP contribution is 2.19. The van der Waals surface area contributed by atoms with E-state index in [1.165, 1.54) is 22.7 Å². The molecule has 0 saturated heterocycles. The summed E-state index contributed by atoms with van der Waals surface area (Å²) < 4.78 is 20.1. The maximum Gasteiger partial charge on any atom is 0.378 e. The minimum atomic E-state index is -0.666. The third-order valence-corrected chi connectivity index (χ3v) is 3.72. The summed E-state index contributed by atoms with van der Waals surface area (Å²) in [6, 6.07) is 5.89. The van der Waals surface area contributed by atoms with Crippen molar-refractivity contribution in [2.45, 2.75) is 13.5 Å². The first-order valence-corrected chi connectivity index (χ1v) is 7.13. The van der Waals surface area contributed by atoms with E-state index in [2.05, 4.69) is 31.0 Å². The first kappa shape index (κ1) is 14.6. The van der Waals surface area contributed by atoms with Crippen LogP contribution in [0.3, 0.4) is 0 Å². The summed E-state index contributed by atoms with van der Waals surface area (Å²) in [5.41, 5.74) is 1.45. The van der Waals surface area contributed by atoms with Crippen LogP contribution in [0.4, 0.5) is 4.39 Å². The highest BCUT2D eigenvalue weighted by atomic mass is 79.9. The number of esters is 1. The summed E-state index contributed by atoms with van der Waals surface area (Å²) >= 11 is 3.21. The van der Waals surface area contributed by atoms with Gasteiger partial charge < -0.3 is 4.74 Å². The van der Waals surface area contributed by atoms with Crippen LogP contribution < -0.4 is 0 Å². The van der Waals surface area contributed by atoms with E-state index in [-0.39, 0.29) is 18.2 Å². The van der Waals surface area contributed by atoms with Crippen LogP contribution in [0.2, 0.25) is 0 Å². The van der Waals surface area contributed by atoms with Crippen molar-refractivity contribution in [3.8, 4) is 0 Å². The van der Waals surface area contributed by atoms with E-state index in [1.807, 2.05) is 6.92 Å². The van der Waals surface area contributed by atoms with E-state index >= 15 is 0 Å². The van der Waals surface area contributed by atoms with Crippen molar-refractivity contribution >= 4 is 27.7 Å². The normalized spacial score (nSPS) is 10.9. The fourth-order valence-electron chi connectivity index (χ4n) is 1.84. The van der Waals surface area contributed by atoms with Crippen LogP contribution >= 0.6 is 15.9 Å². The molecule has 0 atom stereocenters. The molecular formula is C14H10BrFN4O2. The van der Waals surface area contributed by atoms with Crippen LogP contribution in [0.15, 0.2) is 34.9 Å². The van der Waals surface area contributed by atoms with Gasteiger partial charge in [0.25, 0.3) is 11.6 Å². The van der Waals surface area contributed by atoms with Gasteiger partial charge in [-0.25, -0.2) is 18.7 Å². The Kier molecular flexibility index (Phi) is 3.84. The molecule has 0 amide bonds. The SMILES string of the molecule is Cc1ccnc2nc(C(=O)OCc3ccc(F)cc3Br)nn12. The quantitative estimate of drug-likeness (QED) is 0.668. The third kappa shape index (κ3) is 2.82. The monoisotopic (exact) mass is 364 g/mol. The number of carbonyl (C=O) groups excluding carboxylic acids is 1. The molecule has 1 aromatic carbocycles. The fraction of sp³-hybridized carbons (Fsp3) is 0.143. The molecule has 0 fully saturated rings. The topological polar surface area (TPSA) is 69.4 Å². The molecule has 0 bridgehead atoms. The minimum Gasteiger partial charge on any atom is -0.455 e. The Hall–Kier alpha value is -2.35. The molecule has 0 aliphatic rings. The Labute approximate surface area is 133 Å². The average Bonchev–Trinajstić information content (AvgIpc) is 2.92. The summed E-state index contributed by atoms with van der Waals surface area (Å²) in [6.07, 6.45) is 1.59. The number of hydrogen-bond donors (Lipinski definition) is 0. The van der Waals surface area contributed by atoms with Gasteiger partial charge in [-0.15, -0.1) is 5.10 Å². The maximum absolute atomic E-state index is 13.0. The molecular weight excluding hydrogens is 355 g/mol. The first-order chi connectivity index (χ1) is 10.5. The van der Waals surface area contributed by atoms with Gasteiger partial charge in [-0.3, -0.25) is 0 Å². The summed E-state index contributed by atoms with van der Waals surface area (Å²) in [4.78, 5) is 20.0. The van der Waals surface area contributed by atoms with Gasteiger partial charge in [-0.1, -0.05) is 22.0 Å². The Bertz CT molecular complexity index is 865. The molecule has 2 heterocycles. The third-order valence-electron chi connectivity index (χ3n) is 2.99. The second-order valence-electron chi connectivity index (χ2n) is 4.55. The number of halogens is 2. The van der Waals surface area contributed by atoms with E-state index in [0.29, 0.717) is 15.8 Å². The summed E-state index contributed by atoms with van der Waals surface area (Å²) in [5, 5.41) is 4.06. The highest BCUT2D eigenvalue weighted by molar-refractivity contribution is 9.10. The molecule has 0 N–H and O–H groups in total. The van der Waals surface area contributed by atoms with Crippen molar-refractivity contribution in [3.63, 3.8) is 0 Å². The zero-order chi connectivity index (χ0) is 15.7. The summed E-state index contributed by atoms with van der Waals surface area (Å²) in [7, 11) is 0. The van der Waals surface area contributed by atoms with Crippen molar-refractivity contribution in [1.29, 1.82) is 0 Å². The van der Waals surface area contributed by atoms with E-state index in [1.54, 1.807) is 12.3 Å². The molecule has 8 heteroatoms. The lowest BCUT2D eigenvalue weighted by Gasteiger charge is -2.04. The Morgan fingerprint density at radius 2 is 2.23 bits per heavy atom. The van der Waals surface area contributed by atoms with Gasteiger partial charge in [0.1, 0.15) is 12.4 Å². The number of aromatic nitrogens is 4. The standard InChI is InChI=1S/C14H10BrFN4O2/c1-8-4-5-17-14-18-12(19-20(8)14)13(21)22-7-9-2-3-10(16)6-11(9)15/h2-6H,7H2,1H3. The molecule has 112 valence electrons. The molecule has 22 heavy (non-hydrogen) atoms. The number of carbonyl (C=O) groups is 1. The highest BCUT2D eigenvalue weighted by Gasteiger charge is 2.16. The van der Waals surface area contributed by atoms with Gasteiger partial charge in [-0.05, 0) is 25.1 Å². The number of aryl methyl sites for hydroxylation is 1. The lowest BCUT2D eigenvalue weighted by atomic mass is 10.2. The molecule has 2 aromatic heterocycles. The van der Waals surface area contributed by atoms with Crippen molar-refractivity contribution in [2.75, 3.05) is 0 Å². The zero-order valence-corrected chi connectivity index (χ0v) is 13.0. The molecule has 0 aliphatic heterocycles. The largest absolute Gasteiger partial charge is 0.455 e. The molecule has 0 spiro atoms. The van der Waals surface area contributed by atoms with Gasteiger partial charge in [0, 0.05) is 21.9 Å². The van der Waals surface area contributed by atoms with Crippen LogP contribution in [0.5, 0.6) is 0 Å². The van der Waals surface area contributed by atoms with E-state index < -0.39 is 5.97 Å². The average molecular weight is 365 g/mol. The predicted molar refractivity (Wildman–Crippen MR) is 78.7 cm³/mol. The van der Waals surface area contributed by atoms with Crippen LogP contribution in [0, 0.1) is 12.7 Å². The van der Waals surface area contributed by atoms with Gasteiger partial charge in [0.05, 0.1) is 0 Å². The molecule has 0 aliphatic carbocycles. The Morgan fingerprint density at radius 3 is 2.95 bits per heavy atom. The van der Waals surface area contributed by atoms with Crippen molar-refractivity contribution in [2.24, 2.45) is 0 Å². The number of hydrogen-bond acceptors (Lipinski definition) is 5. The fourth-order valence-corrected chi connectivity index (χ4v) is 2.30. The zero-order valence-electron chi connectivity index (χ0n) is 11.5. The van der Waals surface area contributed by atoms with Gasteiger partial charge in [-0.2, -0.15) is 4.98 Å². The van der Waals surface area contributed by atoms with Gasteiger partial charge in [0.15, 0.2) is 0 Å². The number of nitrogens with zero attached hydrogens (tertiary/aromatic N) is 4. The van der Waals surface area contributed by atoms with Crippen molar-refractivity contribution in [3.05, 3.63) is 57.8 Å². The molecule has 0 unspecified atom stereocenters. The Balaban J connectivity index is 1.77. The molecule has 6 nitrogen and oxygen atoms in total. The molecule has 0 saturated carbocycles. The minimum absolute atomic E-state index is 0.0122. The van der Waals surface area contributed by atoms with Crippen LogP contribution in [0.1, 0.15) is 21.9 Å². The van der Waals surface area contributed by atoms with Crippen LogP contribution in [0.25, 0.3) is 5.78 Å². The smallest absolute Gasteiger partial charge is 0.378 e. The second kappa shape index (κ2) is 5.80. The number of ether oxygens (including phenoxy) is 1. The van der Waals surface area contributed by atoms with Crippen molar-refractivity contribution in [1.82, 2.24) is 19.6 Å². The van der Waals surface area contributed by atoms with Gasteiger partial charge in [0.2, 0.25) is 0 Å². The van der Waals surface area contributed by atoms with Crippen LogP contribution in [-0.4, -0.2) is 25.6 Å². The lowest BCUT2D eigenvalue weighted by Crippen LogP contribution is -2.08. The molecule has 3 aromatic rings.